The lowest BCUT2D eigenvalue weighted by Crippen LogP contribution is -2.51. The van der Waals surface area contributed by atoms with E-state index in [4.69, 9.17) is 0 Å². The summed E-state index contributed by atoms with van der Waals surface area (Å²) < 4.78 is 0. The van der Waals surface area contributed by atoms with Gasteiger partial charge in [-0.15, -0.1) is 0 Å². The van der Waals surface area contributed by atoms with Gasteiger partial charge in [0.1, 0.15) is 0 Å². The quantitative estimate of drug-likeness (QED) is 0.566. The highest BCUT2D eigenvalue weighted by atomic mass is 16.2. The molecule has 1 rings (SSSR count). The molecular weight excluding hydrogens is 156 g/mol. The van der Waals surface area contributed by atoms with Crippen LogP contribution >= 0.6 is 0 Å². The van der Waals surface area contributed by atoms with Crippen molar-refractivity contribution in [1.29, 1.82) is 0 Å². The number of carbonyl (C=O) groups excluding carboxylic acids is 2. The first-order valence-corrected chi connectivity index (χ1v) is 4.29. The van der Waals surface area contributed by atoms with Gasteiger partial charge in [0.25, 0.3) is 0 Å². The molecule has 12 heavy (non-hydrogen) atoms. The molecule has 1 saturated heterocycles. The molecule has 0 spiro atoms. The summed E-state index contributed by atoms with van der Waals surface area (Å²) in [7, 11) is 0. The van der Waals surface area contributed by atoms with Crippen molar-refractivity contribution in [3.05, 3.63) is 0 Å². The summed E-state index contributed by atoms with van der Waals surface area (Å²) in [5, 5.41) is 2.71. The van der Waals surface area contributed by atoms with Gasteiger partial charge in [0.2, 0.25) is 11.8 Å². The summed E-state index contributed by atoms with van der Waals surface area (Å²) in [5.41, 5.74) is 0. The van der Waals surface area contributed by atoms with Gasteiger partial charge in [-0.05, 0) is 6.92 Å². The second-order valence-electron chi connectivity index (χ2n) is 2.14. The molecule has 0 radical (unpaired) electrons. The maximum Gasteiger partial charge on any atom is 0.243 e. The van der Waals surface area contributed by atoms with Gasteiger partial charge >= 0.3 is 0 Å². The molecule has 0 unspecified atom stereocenters. The van der Waals surface area contributed by atoms with Gasteiger partial charge in [-0.2, -0.15) is 0 Å². The van der Waals surface area contributed by atoms with E-state index in [-0.39, 0.29) is 11.8 Å². The summed E-state index contributed by atoms with van der Waals surface area (Å²) in [5.74, 6) is -0.252. The van der Waals surface area contributed by atoms with E-state index in [1.807, 2.05) is 13.8 Å². The second-order valence-corrected chi connectivity index (χ2v) is 2.14. The molecule has 0 aromatic carbocycles. The van der Waals surface area contributed by atoms with Crippen LogP contribution in [-0.2, 0) is 9.59 Å². The number of nitrogens with zero attached hydrogens (tertiary/aromatic N) is 1. The van der Waals surface area contributed by atoms with Gasteiger partial charge in [-0.1, -0.05) is 13.8 Å². The van der Waals surface area contributed by atoms with Crippen molar-refractivity contribution >= 4 is 11.8 Å². The molecule has 1 aliphatic heterocycles. The van der Waals surface area contributed by atoms with Crippen LogP contribution in [-0.4, -0.2) is 36.3 Å². The normalized spacial score (nSPS) is 17.1. The Morgan fingerprint density at radius 1 is 1.25 bits per heavy atom. The Kier molecular flexibility index (Phi) is 5.28. The molecule has 0 bridgehead atoms. The van der Waals surface area contributed by atoms with E-state index in [0.29, 0.717) is 19.6 Å². The van der Waals surface area contributed by atoms with Gasteiger partial charge in [0.05, 0.1) is 13.1 Å². The molecular formula is C8H16N2O2. The summed E-state index contributed by atoms with van der Waals surface area (Å²) in [6.07, 6.45) is 0. The highest BCUT2D eigenvalue weighted by Gasteiger charge is 2.23. The van der Waals surface area contributed by atoms with Crippen LogP contribution in [0.5, 0.6) is 0 Å². The highest BCUT2D eigenvalue weighted by molar-refractivity contribution is 5.99. The molecule has 1 N–H and O–H groups in total. The second kappa shape index (κ2) is 5.71. The zero-order chi connectivity index (χ0) is 9.56. The number of amides is 2. The molecule has 4 heteroatoms. The molecule has 1 heterocycles. The third-order valence-corrected chi connectivity index (χ3v) is 1.47. The first kappa shape index (κ1) is 11.1. The molecule has 2 amide bonds. The van der Waals surface area contributed by atoms with Crippen LogP contribution in [0.4, 0.5) is 0 Å². The van der Waals surface area contributed by atoms with E-state index in [9.17, 15) is 9.59 Å². The predicted molar refractivity (Wildman–Crippen MR) is 46.6 cm³/mol. The van der Waals surface area contributed by atoms with Gasteiger partial charge in [-0.3, -0.25) is 19.8 Å². The molecule has 4 nitrogen and oxygen atoms in total. The average molecular weight is 172 g/mol. The fourth-order valence-electron chi connectivity index (χ4n) is 0.959. The van der Waals surface area contributed by atoms with Crippen LogP contribution < -0.4 is 5.32 Å². The number of hydrogen-bond donors (Lipinski definition) is 1. The molecule has 0 aromatic rings. The Hall–Kier alpha value is -0.900. The van der Waals surface area contributed by atoms with Crippen molar-refractivity contribution in [1.82, 2.24) is 10.2 Å². The predicted octanol–water partition coefficient (Wildman–Crippen LogP) is -0.00910. The standard InChI is InChI=1S/C6H10N2O2.C2H6/c1-2-8-5(9)3-7-4-6(8)10;1-2/h7H,2-4H2,1H3;1-2H3. The molecule has 70 valence electrons. The van der Waals surface area contributed by atoms with Crippen molar-refractivity contribution in [2.24, 2.45) is 0 Å². The fraction of sp³-hybridized carbons (Fsp3) is 0.750. The molecule has 0 aliphatic carbocycles. The largest absolute Gasteiger partial charge is 0.300 e. The van der Waals surface area contributed by atoms with E-state index in [1.54, 1.807) is 6.92 Å². The summed E-state index contributed by atoms with van der Waals surface area (Å²) in [6, 6.07) is 0. The smallest absolute Gasteiger partial charge is 0.243 e. The van der Waals surface area contributed by atoms with Crippen LogP contribution in [0.3, 0.4) is 0 Å². The first-order chi connectivity index (χ1) is 5.75. The number of rotatable bonds is 1. The van der Waals surface area contributed by atoms with Crippen LogP contribution in [0.1, 0.15) is 20.8 Å². The number of imide groups is 1. The number of nitrogens with one attached hydrogen (secondary N) is 1. The van der Waals surface area contributed by atoms with Crippen molar-refractivity contribution in [3.8, 4) is 0 Å². The monoisotopic (exact) mass is 172 g/mol. The number of carbonyl (C=O) groups is 2. The Labute approximate surface area is 72.9 Å². The van der Waals surface area contributed by atoms with E-state index < -0.39 is 0 Å². The van der Waals surface area contributed by atoms with Crippen LogP contribution in [0.15, 0.2) is 0 Å². The summed E-state index contributed by atoms with van der Waals surface area (Å²) in [4.78, 5) is 23.0. The number of likely N-dealkylation sites (N-methyl/N-ethyl adjacent to an activating group) is 1. The van der Waals surface area contributed by atoms with Crippen molar-refractivity contribution in [2.45, 2.75) is 20.8 Å². The Balaban J connectivity index is 0.000000561. The SMILES string of the molecule is CC.CCN1C(=O)CNCC1=O. The van der Waals surface area contributed by atoms with E-state index in [1.165, 1.54) is 4.90 Å². The molecule has 1 aliphatic rings. The van der Waals surface area contributed by atoms with Crippen LogP contribution in [0.2, 0.25) is 0 Å². The minimum atomic E-state index is -0.126. The highest BCUT2D eigenvalue weighted by Crippen LogP contribution is 1.93. The lowest BCUT2D eigenvalue weighted by molar-refractivity contribution is -0.146. The van der Waals surface area contributed by atoms with E-state index >= 15 is 0 Å². The van der Waals surface area contributed by atoms with Crippen LogP contribution in [0, 0.1) is 0 Å². The van der Waals surface area contributed by atoms with Crippen molar-refractivity contribution in [2.75, 3.05) is 19.6 Å². The maximum atomic E-state index is 10.9. The fourth-order valence-corrected chi connectivity index (χ4v) is 0.959. The lowest BCUT2D eigenvalue weighted by atomic mass is 10.3. The van der Waals surface area contributed by atoms with Crippen molar-refractivity contribution < 1.29 is 9.59 Å². The molecule has 1 fully saturated rings. The lowest BCUT2D eigenvalue weighted by Gasteiger charge is -2.23. The Morgan fingerprint density at radius 3 is 1.92 bits per heavy atom. The maximum absolute atomic E-state index is 10.9. The van der Waals surface area contributed by atoms with Crippen LogP contribution in [0.25, 0.3) is 0 Å². The van der Waals surface area contributed by atoms with Gasteiger partial charge < -0.3 is 0 Å². The minimum absolute atomic E-state index is 0.126. The number of piperazine rings is 1. The number of hydrogen-bond acceptors (Lipinski definition) is 3. The van der Waals surface area contributed by atoms with Gasteiger partial charge in [-0.25, -0.2) is 0 Å². The van der Waals surface area contributed by atoms with Gasteiger partial charge in [0, 0.05) is 6.54 Å². The summed E-state index contributed by atoms with van der Waals surface area (Å²) in [6.45, 7) is 6.86. The minimum Gasteiger partial charge on any atom is -0.300 e. The Morgan fingerprint density at radius 2 is 1.67 bits per heavy atom. The van der Waals surface area contributed by atoms with Crippen molar-refractivity contribution in [3.63, 3.8) is 0 Å². The van der Waals surface area contributed by atoms with E-state index in [2.05, 4.69) is 5.32 Å². The molecule has 0 aromatic heterocycles. The topological polar surface area (TPSA) is 49.4 Å². The third kappa shape index (κ3) is 2.62. The zero-order valence-electron chi connectivity index (χ0n) is 7.89. The van der Waals surface area contributed by atoms with E-state index in [0.717, 1.165) is 0 Å². The molecule has 0 atom stereocenters. The average Bonchev–Trinajstić information content (AvgIpc) is 2.08. The first-order valence-electron chi connectivity index (χ1n) is 4.29. The summed E-state index contributed by atoms with van der Waals surface area (Å²) >= 11 is 0. The third-order valence-electron chi connectivity index (χ3n) is 1.47. The Bertz CT molecular complexity index is 152. The molecule has 0 saturated carbocycles. The van der Waals surface area contributed by atoms with Gasteiger partial charge in [0.15, 0.2) is 0 Å². The zero-order valence-corrected chi connectivity index (χ0v) is 7.89.